The first kappa shape index (κ1) is 15.6. The minimum absolute atomic E-state index is 0.111. The van der Waals surface area contributed by atoms with E-state index in [1.54, 1.807) is 6.33 Å². The summed E-state index contributed by atoms with van der Waals surface area (Å²) in [5.74, 6) is 0.718. The van der Waals surface area contributed by atoms with Gasteiger partial charge in [0, 0.05) is 23.7 Å². The Morgan fingerprint density at radius 3 is 2.72 bits per heavy atom. The summed E-state index contributed by atoms with van der Waals surface area (Å²) >= 11 is 0. The molecule has 1 aromatic carbocycles. The number of nitrogens with zero attached hydrogens (tertiary/aromatic N) is 4. The van der Waals surface area contributed by atoms with Crippen LogP contribution in [0.3, 0.4) is 0 Å². The fourth-order valence-corrected chi connectivity index (χ4v) is 3.46. The molecule has 1 unspecified atom stereocenters. The minimum atomic E-state index is 0.111. The zero-order valence-corrected chi connectivity index (χ0v) is 14.9. The molecule has 0 radical (unpaired) electrons. The number of rotatable bonds is 4. The van der Waals surface area contributed by atoms with Gasteiger partial charge in [0.25, 0.3) is 0 Å². The molecule has 3 heterocycles. The maximum absolute atomic E-state index is 6.02. The molecule has 0 aliphatic heterocycles. The van der Waals surface area contributed by atoms with Crippen LogP contribution in [0.15, 0.2) is 35.0 Å². The predicted octanol–water partition coefficient (Wildman–Crippen LogP) is 4.29. The Kier molecular flexibility index (Phi) is 3.67. The maximum atomic E-state index is 6.02. The van der Waals surface area contributed by atoms with E-state index in [2.05, 4.69) is 34.2 Å². The zero-order valence-electron chi connectivity index (χ0n) is 14.9. The molecule has 0 amide bonds. The van der Waals surface area contributed by atoms with E-state index < -0.39 is 0 Å². The van der Waals surface area contributed by atoms with Crippen LogP contribution in [-0.2, 0) is 7.05 Å². The highest BCUT2D eigenvalue weighted by atomic mass is 16.3. The molecule has 1 N–H and O–H groups in total. The molecule has 3 aromatic heterocycles. The van der Waals surface area contributed by atoms with Crippen LogP contribution in [0.4, 0.5) is 5.82 Å². The van der Waals surface area contributed by atoms with Gasteiger partial charge in [-0.3, -0.25) is 4.68 Å². The number of hydrogen-bond acceptors (Lipinski definition) is 5. The maximum Gasteiger partial charge on any atom is 0.196 e. The van der Waals surface area contributed by atoms with Gasteiger partial charge in [0.1, 0.15) is 17.4 Å². The SMILES string of the molecule is CCC(Nc1ncnc2c1oc1ccccc12)c1c(C)nn(C)c1C. The van der Waals surface area contributed by atoms with Crippen molar-refractivity contribution >= 4 is 27.9 Å². The molecule has 25 heavy (non-hydrogen) atoms. The Bertz CT molecular complexity index is 1060. The quantitative estimate of drug-likeness (QED) is 0.602. The highest BCUT2D eigenvalue weighted by Gasteiger charge is 2.21. The number of fused-ring (bicyclic) bond motifs is 3. The van der Waals surface area contributed by atoms with Gasteiger partial charge < -0.3 is 9.73 Å². The van der Waals surface area contributed by atoms with Crippen molar-refractivity contribution in [2.75, 3.05) is 5.32 Å². The Hall–Kier alpha value is -2.89. The fraction of sp³-hybridized carbons (Fsp3) is 0.316. The van der Waals surface area contributed by atoms with Crippen molar-refractivity contribution in [1.82, 2.24) is 19.7 Å². The number of hydrogen-bond donors (Lipinski definition) is 1. The van der Waals surface area contributed by atoms with Gasteiger partial charge >= 0.3 is 0 Å². The summed E-state index contributed by atoms with van der Waals surface area (Å²) in [7, 11) is 1.97. The van der Waals surface area contributed by atoms with Crippen molar-refractivity contribution in [3.05, 3.63) is 47.5 Å². The van der Waals surface area contributed by atoms with E-state index in [9.17, 15) is 0 Å². The molecule has 4 rings (SSSR count). The summed E-state index contributed by atoms with van der Waals surface area (Å²) in [6, 6.07) is 8.03. The molecular weight excluding hydrogens is 314 g/mol. The third kappa shape index (κ3) is 2.45. The van der Waals surface area contributed by atoms with Crippen LogP contribution in [0, 0.1) is 13.8 Å². The summed E-state index contributed by atoms with van der Waals surface area (Å²) in [6.45, 7) is 6.29. The molecule has 1 atom stereocenters. The third-order valence-electron chi connectivity index (χ3n) is 4.79. The van der Waals surface area contributed by atoms with E-state index in [0.717, 1.165) is 40.1 Å². The second-order valence-corrected chi connectivity index (χ2v) is 6.31. The Labute approximate surface area is 145 Å². The average Bonchev–Trinajstić information content (AvgIpc) is 3.11. The van der Waals surface area contributed by atoms with E-state index in [4.69, 9.17) is 4.42 Å². The number of furan rings is 1. The van der Waals surface area contributed by atoms with Gasteiger partial charge in [-0.2, -0.15) is 5.10 Å². The molecule has 0 bridgehead atoms. The Morgan fingerprint density at radius 2 is 2.00 bits per heavy atom. The molecular formula is C19H21N5O. The first-order valence-corrected chi connectivity index (χ1v) is 8.49. The van der Waals surface area contributed by atoms with Crippen LogP contribution in [-0.4, -0.2) is 19.7 Å². The largest absolute Gasteiger partial charge is 0.450 e. The number of anilines is 1. The van der Waals surface area contributed by atoms with Crippen molar-refractivity contribution in [3.8, 4) is 0 Å². The first-order chi connectivity index (χ1) is 12.1. The smallest absolute Gasteiger partial charge is 0.196 e. The number of para-hydroxylation sites is 1. The average molecular weight is 335 g/mol. The highest BCUT2D eigenvalue weighted by Crippen LogP contribution is 2.33. The second kappa shape index (κ2) is 5.88. The molecule has 0 spiro atoms. The molecule has 6 heteroatoms. The van der Waals surface area contributed by atoms with E-state index in [1.165, 1.54) is 5.56 Å². The summed E-state index contributed by atoms with van der Waals surface area (Å²) in [4.78, 5) is 8.85. The molecule has 0 saturated carbocycles. The lowest BCUT2D eigenvalue weighted by atomic mass is 10.0. The summed E-state index contributed by atoms with van der Waals surface area (Å²) in [6.07, 6.45) is 2.50. The van der Waals surface area contributed by atoms with Crippen molar-refractivity contribution in [1.29, 1.82) is 0 Å². The van der Waals surface area contributed by atoms with Crippen LogP contribution < -0.4 is 5.32 Å². The number of benzene rings is 1. The summed E-state index contributed by atoms with van der Waals surface area (Å²) in [5, 5.41) is 9.09. The molecule has 0 fully saturated rings. The van der Waals surface area contributed by atoms with Gasteiger partial charge in [0.05, 0.1) is 11.7 Å². The molecule has 128 valence electrons. The summed E-state index contributed by atoms with van der Waals surface area (Å²) in [5.41, 5.74) is 5.76. The fourth-order valence-electron chi connectivity index (χ4n) is 3.46. The van der Waals surface area contributed by atoms with Crippen LogP contribution in [0.5, 0.6) is 0 Å². The second-order valence-electron chi connectivity index (χ2n) is 6.31. The topological polar surface area (TPSA) is 68.8 Å². The van der Waals surface area contributed by atoms with Gasteiger partial charge in [-0.1, -0.05) is 19.1 Å². The van der Waals surface area contributed by atoms with Crippen molar-refractivity contribution in [2.45, 2.75) is 33.2 Å². The van der Waals surface area contributed by atoms with Crippen molar-refractivity contribution in [2.24, 2.45) is 7.05 Å². The zero-order chi connectivity index (χ0) is 17.6. The van der Waals surface area contributed by atoms with Crippen LogP contribution in [0.25, 0.3) is 22.1 Å². The summed E-state index contributed by atoms with van der Waals surface area (Å²) < 4.78 is 7.94. The van der Waals surface area contributed by atoms with E-state index >= 15 is 0 Å². The number of nitrogens with one attached hydrogen (secondary N) is 1. The van der Waals surface area contributed by atoms with Gasteiger partial charge in [-0.05, 0) is 32.4 Å². The van der Waals surface area contributed by atoms with Crippen LogP contribution >= 0.6 is 0 Å². The predicted molar refractivity (Wildman–Crippen MR) is 98.6 cm³/mol. The van der Waals surface area contributed by atoms with Gasteiger partial charge in [0.2, 0.25) is 0 Å². The number of aromatic nitrogens is 4. The Balaban J connectivity index is 1.81. The molecule has 4 aromatic rings. The molecule has 0 aliphatic rings. The van der Waals surface area contributed by atoms with E-state index in [1.807, 2.05) is 42.9 Å². The van der Waals surface area contributed by atoms with Crippen molar-refractivity contribution < 1.29 is 4.42 Å². The standard InChI is InChI=1S/C19H21N5O/c1-5-14(16-11(2)23-24(4)12(16)3)22-19-18-17(20-10-21-19)13-8-6-7-9-15(13)25-18/h6-10,14H,5H2,1-4H3,(H,20,21,22). The molecule has 0 aliphatic carbocycles. The van der Waals surface area contributed by atoms with Crippen LogP contribution in [0.1, 0.15) is 36.3 Å². The van der Waals surface area contributed by atoms with Crippen molar-refractivity contribution in [3.63, 3.8) is 0 Å². The van der Waals surface area contributed by atoms with E-state index in [-0.39, 0.29) is 6.04 Å². The van der Waals surface area contributed by atoms with Gasteiger partial charge in [0.15, 0.2) is 11.4 Å². The minimum Gasteiger partial charge on any atom is -0.450 e. The molecule has 6 nitrogen and oxygen atoms in total. The van der Waals surface area contributed by atoms with E-state index in [0.29, 0.717) is 5.58 Å². The number of aryl methyl sites for hydroxylation is 2. The monoisotopic (exact) mass is 335 g/mol. The first-order valence-electron chi connectivity index (χ1n) is 8.49. The molecule has 0 saturated heterocycles. The van der Waals surface area contributed by atoms with Crippen LogP contribution in [0.2, 0.25) is 0 Å². The highest BCUT2D eigenvalue weighted by molar-refractivity contribution is 6.05. The normalized spacial score (nSPS) is 12.8. The van der Waals surface area contributed by atoms with Gasteiger partial charge in [-0.25, -0.2) is 9.97 Å². The van der Waals surface area contributed by atoms with Gasteiger partial charge in [-0.15, -0.1) is 0 Å². The lowest BCUT2D eigenvalue weighted by molar-refractivity contribution is 0.661. The lowest BCUT2D eigenvalue weighted by Gasteiger charge is -2.18. The Morgan fingerprint density at radius 1 is 1.20 bits per heavy atom. The third-order valence-corrected chi connectivity index (χ3v) is 4.79. The lowest BCUT2D eigenvalue weighted by Crippen LogP contribution is -2.13.